The van der Waals surface area contributed by atoms with Crippen LogP contribution in [0.1, 0.15) is 6.92 Å². The minimum atomic E-state index is -3.71. The van der Waals surface area contributed by atoms with Gasteiger partial charge in [0.15, 0.2) is 15.8 Å². The van der Waals surface area contributed by atoms with Crippen LogP contribution in [-0.2, 0) is 10.0 Å². The summed E-state index contributed by atoms with van der Waals surface area (Å²) < 4.78 is 28.0. The maximum absolute atomic E-state index is 12.7. The zero-order valence-electron chi connectivity index (χ0n) is 11.4. The van der Waals surface area contributed by atoms with Gasteiger partial charge in [-0.2, -0.15) is 9.57 Å². The summed E-state index contributed by atoms with van der Waals surface area (Å²) in [5, 5.41) is 13.5. The molecule has 9 heteroatoms. The maximum atomic E-state index is 12.7. The van der Waals surface area contributed by atoms with Gasteiger partial charge in [0, 0.05) is 32.2 Å². The highest BCUT2D eigenvalue weighted by atomic mass is 32.2. The van der Waals surface area contributed by atoms with Gasteiger partial charge in [-0.3, -0.25) is 4.40 Å². The average molecular weight is 313 g/mol. The highest BCUT2D eigenvalue weighted by molar-refractivity contribution is 7.89. The third-order valence-corrected chi connectivity index (χ3v) is 5.47. The summed E-state index contributed by atoms with van der Waals surface area (Å²) in [4.78, 5) is 4.84. The Morgan fingerprint density at radius 3 is 2.95 bits per heavy atom. The van der Waals surface area contributed by atoms with E-state index in [1.807, 2.05) is 6.07 Å². The Morgan fingerprint density at radius 2 is 2.35 bits per heavy atom. The third-order valence-electron chi connectivity index (χ3n) is 2.86. The van der Waals surface area contributed by atoms with Crippen molar-refractivity contribution in [1.29, 1.82) is 5.26 Å². The smallest absolute Gasteiger partial charge is 0.262 e. The number of hydrogen-bond acceptors (Lipinski definition) is 6. The molecule has 0 aliphatic heterocycles. The molecule has 1 atom stereocenters. The van der Waals surface area contributed by atoms with Crippen LogP contribution in [0.3, 0.4) is 0 Å². The molecule has 0 aliphatic rings. The normalized spacial score (nSPS) is 13.6. The monoisotopic (exact) mass is 313 g/mol. The van der Waals surface area contributed by atoms with Crippen molar-refractivity contribution in [2.75, 3.05) is 26.0 Å². The van der Waals surface area contributed by atoms with Crippen molar-refractivity contribution in [2.24, 2.45) is 5.92 Å². The van der Waals surface area contributed by atoms with Gasteiger partial charge in [0.05, 0.1) is 12.0 Å². The van der Waals surface area contributed by atoms with E-state index in [1.54, 1.807) is 29.9 Å². The topological polar surface area (TPSA) is 90.5 Å². The lowest BCUT2D eigenvalue weighted by Crippen LogP contribution is -2.32. The zero-order chi connectivity index (χ0) is 14.9. The van der Waals surface area contributed by atoms with Crippen molar-refractivity contribution in [2.45, 2.75) is 11.9 Å². The molecular weight excluding hydrogens is 298 g/mol. The van der Waals surface area contributed by atoms with Gasteiger partial charge in [-0.05, 0) is 6.92 Å². The van der Waals surface area contributed by atoms with E-state index in [4.69, 9.17) is 5.26 Å². The lowest BCUT2D eigenvalue weighted by atomic mass is 10.2. The van der Waals surface area contributed by atoms with Crippen LogP contribution in [0.5, 0.6) is 0 Å². The molecule has 0 saturated carbocycles. The van der Waals surface area contributed by atoms with E-state index < -0.39 is 10.0 Å². The first kappa shape index (κ1) is 14.8. The number of nitrogens with zero attached hydrogens (tertiary/aromatic N) is 4. The molecule has 2 heterocycles. The van der Waals surface area contributed by atoms with Crippen molar-refractivity contribution >= 4 is 32.1 Å². The Hall–Kier alpha value is -1.63. The summed E-state index contributed by atoms with van der Waals surface area (Å²) in [6, 6.07) is 2.03. The van der Waals surface area contributed by atoms with Gasteiger partial charge in [-0.1, -0.05) is 0 Å². The number of imidazole rings is 1. The van der Waals surface area contributed by atoms with Gasteiger partial charge in [0.1, 0.15) is 0 Å². The van der Waals surface area contributed by atoms with Gasteiger partial charge < -0.3 is 5.32 Å². The Bertz CT molecular complexity index is 755. The molecule has 0 spiro atoms. The molecule has 1 N–H and O–H groups in total. The second-order valence-corrected chi connectivity index (χ2v) is 7.22. The highest BCUT2D eigenvalue weighted by Crippen LogP contribution is 2.27. The Morgan fingerprint density at radius 1 is 1.65 bits per heavy atom. The summed E-state index contributed by atoms with van der Waals surface area (Å²) in [7, 11) is -0.618. The van der Waals surface area contributed by atoms with Gasteiger partial charge in [-0.15, -0.1) is 11.3 Å². The molecule has 1 unspecified atom stereocenters. The molecule has 108 valence electrons. The van der Waals surface area contributed by atoms with E-state index in [9.17, 15) is 8.42 Å². The molecule has 0 aliphatic carbocycles. The summed E-state index contributed by atoms with van der Waals surface area (Å²) in [6.45, 7) is 1.82. The van der Waals surface area contributed by atoms with Crippen LogP contribution in [0.2, 0.25) is 0 Å². The Labute approximate surface area is 121 Å². The molecule has 7 nitrogen and oxygen atoms in total. The molecule has 0 aromatic carbocycles. The van der Waals surface area contributed by atoms with Crippen LogP contribution in [0.4, 0.5) is 5.82 Å². The SMILES string of the molecule is CNc1nc2sccn2c1S(=O)(=O)N(C)CC(C)C#N. The quantitative estimate of drug-likeness (QED) is 0.896. The van der Waals surface area contributed by atoms with E-state index in [0.717, 1.165) is 0 Å². The van der Waals surface area contributed by atoms with E-state index in [1.165, 1.54) is 22.7 Å². The van der Waals surface area contributed by atoms with Crippen LogP contribution >= 0.6 is 11.3 Å². The molecule has 0 saturated heterocycles. The second kappa shape index (κ2) is 5.40. The fourth-order valence-corrected chi connectivity index (χ4v) is 4.12. The summed E-state index contributed by atoms with van der Waals surface area (Å²) in [5.74, 6) is -0.0630. The van der Waals surface area contributed by atoms with E-state index in [2.05, 4.69) is 10.3 Å². The third kappa shape index (κ3) is 2.37. The largest absolute Gasteiger partial charge is 0.371 e. The highest BCUT2D eigenvalue weighted by Gasteiger charge is 2.30. The number of anilines is 1. The standard InChI is InChI=1S/C11H15N5O2S2/c1-8(6-12)7-15(3)20(17,18)10-9(13-2)14-11-16(10)4-5-19-11/h4-5,8,13H,7H2,1-3H3. The molecule has 2 aromatic rings. The number of thiazole rings is 1. The predicted molar refractivity (Wildman–Crippen MR) is 77.2 cm³/mol. The van der Waals surface area contributed by atoms with Gasteiger partial charge in [-0.25, -0.2) is 13.4 Å². The summed E-state index contributed by atoms with van der Waals surface area (Å²) in [6.07, 6.45) is 1.67. The molecule has 0 fully saturated rings. The first-order valence-electron chi connectivity index (χ1n) is 5.91. The van der Waals surface area contributed by atoms with Crippen molar-refractivity contribution in [3.63, 3.8) is 0 Å². The zero-order valence-corrected chi connectivity index (χ0v) is 13.0. The molecule has 0 radical (unpaired) electrons. The lowest BCUT2D eigenvalue weighted by Gasteiger charge is -2.18. The van der Waals surface area contributed by atoms with Crippen LogP contribution < -0.4 is 5.32 Å². The molecule has 2 aromatic heterocycles. The number of nitrogens with one attached hydrogen (secondary N) is 1. The average Bonchev–Trinajstić information content (AvgIpc) is 2.97. The Balaban J connectivity index is 2.51. The van der Waals surface area contributed by atoms with Gasteiger partial charge >= 0.3 is 0 Å². The van der Waals surface area contributed by atoms with Crippen LogP contribution in [-0.4, -0.2) is 42.7 Å². The number of fused-ring (bicyclic) bond motifs is 1. The van der Waals surface area contributed by atoms with Crippen molar-refractivity contribution in [1.82, 2.24) is 13.7 Å². The van der Waals surface area contributed by atoms with Crippen molar-refractivity contribution < 1.29 is 8.42 Å². The second-order valence-electron chi connectivity index (χ2n) is 4.39. The lowest BCUT2D eigenvalue weighted by molar-refractivity contribution is 0.437. The summed E-state index contributed by atoms with van der Waals surface area (Å²) >= 11 is 1.36. The summed E-state index contributed by atoms with van der Waals surface area (Å²) in [5.41, 5.74) is 0. The van der Waals surface area contributed by atoms with Gasteiger partial charge in [0.25, 0.3) is 10.0 Å². The van der Waals surface area contributed by atoms with Crippen LogP contribution in [0.15, 0.2) is 16.6 Å². The van der Waals surface area contributed by atoms with Crippen molar-refractivity contribution in [3.8, 4) is 6.07 Å². The molecule has 0 amide bonds. The van der Waals surface area contributed by atoms with Crippen LogP contribution in [0.25, 0.3) is 4.96 Å². The predicted octanol–water partition coefficient (Wildman–Crippen LogP) is 1.22. The molecule has 2 rings (SSSR count). The minimum Gasteiger partial charge on any atom is -0.371 e. The molecular formula is C11H15N5O2S2. The Kier molecular flexibility index (Phi) is 3.99. The molecule has 20 heavy (non-hydrogen) atoms. The van der Waals surface area contributed by atoms with Gasteiger partial charge in [0.2, 0.25) is 0 Å². The fraction of sp³-hybridized carbons (Fsp3) is 0.455. The minimum absolute atomic E-state index is 0.101. The number of rotatable bonds is 5. The number of nitriles is 1. The van der Waals surface area contributed by atoms with E-state index in [0.29, 0.717) is 10.8 Å². The van der Waals surface area contributed by atoms with Crippen LogP contribution in [0, 0.1) is 17.2 Å². The first-order chi connectivity index (χ1) is 9.41. The van der Waals surface area contributed by atoms with Crippen molar-refractivity contribution in [3.05, 3.63) is 11.6 Å². The van der Waals surface area contributed by atoms with E-state index >= 15 is 0 Å². The van der Waals surface area contributed by atoms with E-state index in [-0.39, 0.29) is 17.5 Å². The first-order valence-corrected chi connectivity index (χ1v) is 8.23. The fourth-order valence-electron chi connectivity index (χ4n) is 1.85. The molecule has 0 bridgehead atoms. The maximum Gasteiger partial charge on any atom is 0.262 e. The number of hydrogen-bond donors (Lipinski definition) is 1. The number of aromatic nitrogens is 2. The number of sulfonamides is 1.